The van der Waals surface area contributed by atoms with Crippen LogP contribution in [0.5, 0.6) is 0 Å². The summed E-state index contributed by atoms with van der Waals surface area (Å²) >= 11 is 6.39. The van der Waals surface area contributed by atoms with Crippen LogP contribution in [0.1, 0.15) is 46.3 Å². The second kappa shape index (κ2) is 10.4. The monoisotopic (exact) mass is 540 g/mol. The van der Waals surface area contributed by atoms with Crippen LogP contribution < -0.4 is 10.3 Å². The van der Waals surface area contributed by atoms with Crippen molar-refractivity contribution in [2.75, 3.05) is 36.8 Å². The first-order chi connectivity index (χ1) is 17.7. The lowest BCUT2D eigenvalue weighted by atomic mass is 9.73. The summed E-state index contributed by atoms with van der Waals surface area (Å²) in [4.78, 5) is 12.6. The molecule has 2 atom stereocenters. The number of fused-ring (bicyclic) bond motifs is 3. The fourth-order valence-corrected chi connectivity index (χ4v) is 6.35. The van der Waals surface area contributed by atoms with Crippen LogP contribution in [0.25, 0.3) is 0 Å². The summed E-state index contributed by atoms with van der Waals surface area (Å²) in [6.07, 6.45) is 4.81. The normalized spacial score (nSPS) is 21.5. The van der Waals surface area contributed by atoms with E-state index in [9.17, 15) is 18.5 Å². The molecule has 194 valence electrons. The largest absolute Gasteiger partial charge is 0.381 e. The van der Waals surface area contributed by atoms with Gasteiger partial charge in [-0.15, -0.1) is 0 Å². The summed E-state index contributed by atoms with van der Waals surface area (Å²) in [5.74, 6) is 0.275. The van der Waals surface area contributed by atoms with Gasteiger partial charge in [0.15, 0.2) is 0 Å². The van der Waals surface area contributed by atoms with E-state index in [-0.39, 0.29) is 30.2 Å². The Balaban J connectivity index is 1.45. The van der Waals surface area contributed by atoms with Crippen molar-refractivity contribution in [2.24, 2.45) is 16.9 Å². The zero-order chi connectivity index (χ0) is 26.2. The molecule has 1 amide bonds. The van der Waals surface area contributed by atoms with Crippen molar-refractivity contribution in [1.82, 2.24) is 5.32 Å². The number of carbonyl (C=O) groups is 1. The average molecular weight is 541 g/mol. The molecule has 0 aromatic heterocycles. The highest BCUT2D eigenvalue weighted by Crippen LogP contribution is 2.43. The van der Waals surface area contributed by atoms with Gasteiger partial charge in [-0.25, -0.2) is 8.42 Å². The highest BCUT2D eigenvalue weighted by molar-refractivity contribution is 7.90. The number of benzene rings is 2. The zero-order valence-corrected chi connectivity index (χ0v) is 22.2. The van der Waals surface area contributed by atoms with Crippen LogP contribution in [0.3, 0.4) is 0 Å². The van der Waals surface area contributed by atoms with E-state index in [1.54, 1.807) is 12.1 Å². The van der Waals surface area contributed by atoms with Crippen molar-refractivity contribution < 1.29 is 17.9 Å². The summed E-state index contributed by atoms with van der Waals surface area (Å²) in [5.41, 5.74) is 4.94. The molecule has 0 saturated carbocycles. The van der Waals surface area contributed by atoms with Gasteiger partial charge in [-0.2, -0.15) is 10.4 Å². The van der Waals surface area contributed by atoms with Crippen LogP contribution in [-0.4, -0.2) is 57.8 Å². The third-order valence-electron chi connectivity index (χ3n) is 7.47. The highest BCUT2D eigenvalue weighted by atomic mass is 35.5. The number of nitrogens with one attached hydrogen (secondary N) is 1. The topological polar surface area (TPSA) is 112 Å². The minimum atomic E-state index is -3.14. The van der Waals surface area contributed by atoms with Gasteiger partial charge < -0.3 is 10.1 Å². The first kappa shape index (κ1) is 25.7. The predicted octanol–water partition coefficient (Wildman–Crippen LogP) is 3.57. The quantitative estimate of drug-likeness (QED) is 0.599. The van der Waals surface area contributed by atoms with Crippen LogP contribution in [0, 0.1) is 23.2 Å². The maximum atomic E-state index is 12.6. The number of rotatable bonds is 6. The van der Waals surface area contributed by atoms with E-state index in [1.807, 2.05) is 24.3 Å². The van der Waals surface area contributed by atoms with Crippen molar-refractivity contribution in [3.05, 3.63) is 63.7 Å². The van der Waals surface area contributed by atoms with Gasteiger partial charge in [-0.05, 0) is 67.5 Å². The Morgan fingerprint density at radius 3 is 2.70 bits per heavy atom. The van der Waals surface area contributed by atoms with E-state index in [4.69, 9.17) is 21.4 Å². The van der Waals surface area contributed by atoms with Gasteiger partial charge >= 0.3 is 0 Å². The molecule has 8 nitrogen and oxygen atoms in total. The standard InChI is InChI=1S/C27H29ClN4O4S/c1-37(34,35)13-10-30-27(33)19-4-6-22-18(14-19)3-7-23-25(22)31-32(26(23)17-8-11-36-12-9-17)21-5-2-20(16-29)24(28)15-21/h2,4-6,14-15,17,23,26H,3,7-13H2,1H3,(H,30,33). The van der Waals surface area contributed by atoms with Gasteiger partial charge in [0.2, 0.25) is 0 Å². The number of anilines is 1. The minimum Gasteiger partial charge on any atom is -0.381 e. The van der Waals surface area contributed by atoms with Crippen molar-refractivity contribution in [1.29, 1.82) is 5.26 Å². The third-order valence-corrected chi connectivity index (χ3v) is 8.73. The molecular formula is C27H29ClN4O4S. The number of hydrogen-bond acceptors (Lipinski definition) is 7. The van der Waals surface area contributed by atoms with Crippen molar-refractivity contribution in [3.8, 4) is 6.07 Å². The summed E-state index contributed by atoms with van der Waals surface area (Å²) in [6, 6.07) is 13.4. The Kier molecular flexibility index (Phi) is 7.26. The van der Waals surface area contributed by atoms with Crippen LogP contribution in [-0.2, 0) is 21.0 Å². The van der Waals surface area contributed by atoms with Crippen LogP contribution in [0.4, 0.5) is 5.69 Å². The Hall–Kier alpha value is -2.93. The van der Waals surface area contributed by atoms with Crippen molar-refractivity contribution in [2.45, 2.75) is 31.7 Å². The summed E-state index contributed by atoms with van der Waals surface area (Å²) in [7, 11) is -3.14. The molecule has 3 aliphatic rings. The molecule has 1 fully saturated rings. The number of amides is 1. The van der Waals surface area contributed by atoms with Gasteiger partial charge in [-0.1, -0.05) is 17.7 Å². The number of sulfone groups is 1. The zero-order valence-electron chi connectivity index (χ0n) is 20.6. The van der Waals surface area contributed by atoms with Gasteiger partial charge in [-0.3, -0.25) is 9.80 Å². The molecule has 2 unspecified atom stereocenters. The third kappa shape index (κ3) is 5.37. The molecule has 0 bridgehead atoms. The molecule has 2 heterocycles. The first-order valence-corrected chi connectivity index (χ1v) is 14.9. The molecule has 1 N–H and O–H groups in total. The SMILES string of the molecule is CS(=O)(=O)CCNC(=O)c1ccc2c(c1)CCC1C2=NN(c2ccc(C#N)c(Cl)c2)C1C1CCOCC1. The molecule has 2 aliphatic heterocycles. The van der Waals surface area contributed by atoms with Gasteiger partial charge in [0.1, 0.15) is 15.9 Å². The Morgan fingerprint density at radius 1 is 1.22 bits per heavy atom. The van der Waals surface area contributed by atoms with Crippen LogP contribution in [0.15, 0.2) is 41.5 Å². The van der Waals surface area contributed by atoms with Crippen molar-refractivity contribution >= 4 is 38.7 Å². The van der Waals surface area contributed by atoms with Crippen LogP contribution in [0.2, 0.25) is 5.02 Å². The van der Waals surface area contributed by atoms with Gasteiger partial charge in [0.25, 0.3) is 5.91 Å². The van der Waals surface area contributed by atoms with E-state index < -0.39 is 9.84 Å². The maximum Gasteiger partial charge on any atom is 0.251 e. The molecular weight excluding hydrogens is 512 g/mol. The molecule has 1 aliphatic carbocycles. The average Bonchev–Trinajstić information content (AvgIpc) is 3.28. The molecule has 0 radical (unpaired) electrons. The lowest BCUT2D eigenvalue weighted by Gasteiger charge is -2.37. The number of hydrogen-bond donors (Lipinski definition) is 1. The minimum absolute atomic E-state index is 0.0818. The van der Waals surface area contributed by atoms with E-state index in [0.717, 1.165) is 67.7 Å². The number of carbonyl (C=O) groups excluding carboxylic acids is 1. The molecule has 2 aromatic rings. The Bertz CT molecular complexity index is 1400. The molecule has 37 heavy (non-hydrogen) atoms. The number of hydrazone groups is 1. The lowest BCUT2D eigenvalue weighted by Crippen LogP contribution is -2.43. The van der Waals surface area contributed by atoms with E-state index in [2.05, 4.69) is 16.4 Å². The summed E-state index contributed by atoms with van der Waals surface area (Å²) < 4.78 is 28.4. The Morgan fingerprint density at radius 2 is 2.00 bits per heavy atom. The van der Waals surface area contributed by atoms with Crippen molar-refractivity contribution in [3.63, 3.8) is 0 Å². The van der Waals surface area contributed by atoms with Gasteiger partial charge in [0, 0.05) is 43.1 Å². The molecule has 1 saturated heterocycles. The second-order valence-electron chi connectivity index (χ2n) is 9.95. The Labute approximate surface area is 222 Å². The highest BCUT2D eigenvalue weighted by Gasteiger charge is 2.45. The first-order valence-electron chi connectivity index (χ1n) is 12.5. The molecule has 10 heteroatoms. The second-order valence-corrected chi connectivity index (χ2v) is 12.6. The number of ether oxygens (including phenoxy) is 1. The molecule has 0 spiro atoms. The van der Waals surface area contributed by atoms with E-state index >= 15 is 0 Å². The summed E-state index contributed by atoms with van der Waals surface area (Å²) in [5, 5.41) is 19.6. The number of halogens is 1. The number of aryl methyl sites for hydroxylation is 1. The smallest absolute Gasteiger partial charge is 0.251 e. The number of nitrogens with zero attached hydrogens (tertiary/aromatic N) is 3. The van der Waals surface area contributed by atoms with E-state index in [0.29, 0.717) is 22.1 Å². The summed E-state index contributed by atoms with van der Waals surface area (Å²) in [6.45, 7) is 1.55. The lowest BCUT2D eigenvalue weighted by molar-refractivity contribution is 0.0543. The van der Waals surface area contributed by atoms with Gasteiger partial charge in [0.05, 0.1) is 33.8 Å². The predicted molar refractivity (Wildman–Crippen MR) is 143 cm³/mol. The number of nitriles is 1. The van der Waals surface area contributed by atoms with E-state index in [1.165, 1.54) is 0 Å². The molecule has 5 rings (SSSR count). The fourth-order valence-electron chi connectivity index (χ4n) is 5.66. The maximum absolute atomic E-state index is 12.6. The molecule has 2 aromatic carbocycles. The fraction of sp³-hybridized carbons (Fsp3) is 0.444. The van der Waals surface area contributed by atoms with Crippen LogP contribution >= 0.6 is 11.6 Å².